The van der Waals surface area contributed by atoms with Gasteiger partial charge in [0.05, 0.1) is 11.5 Å². The van der Waals surface area contributed by atoms with Crippen molar-refractivity contribution in [2.75, 3.05) is 33.4 Å². The van der Waals surface area contributed by atoms with Gasteiger partial charge < -0.3 is 14.7 Å². The second-order valence-corrected chi connectivity index (χ2v) is 8.14. The first-order chi connectivity index (χ1) is 12.3. The van der Waals surface area contributed by atoms with Crippen molar-refractivity contribution in [3.8, 4) is 0 Å². The van der Waals surface area contributed by atoms with Crippen molar-refractivity contribution in [2.45, 2.75) is 24.7 Å². The Hall–Kier alpha value is -1.97. The van der Waals surface area contributed by atoms with Crippen molar-refractivity contribution in [1.82, 2.24) is 9.62 Å². The SMILES string of the molecule is CCNS(=O)(=O)c1ccc(C(=O)N2CCCC(COC)(C(=O)O)C2)cc1. The number of amides is 1. The molecule has 0 aromatic heterocycles. The van der Waals surface area contributed by atoms with E-state index >= 15 is 0 Å². The van der Waals surface area contributed by atoms with Crippen LogP contribution in [0.2, 0.25) is 0 Å². The molecule has 0 radical (unpaired) electrons. The highest BCUT2D eigenvalue weighted by molar-refractivity contribution is 7.89. The molecule has 0 aliphatic carbocycles. The van der Waals surface area contributed by atoms with E-state index in [1.54, 1.807) is 6.92 Å². The lowest BCUT2D eigenvalue weighted by atomic mass is 9.80. The standard InChI is InChI=1S/C17H24N2O6S/c1-3-18-26(23,24)14-7-5-13(6-8-14)15(20)19-10-4-9-17(11-19,12-25-2)16(21)22/h5-8,18H,3-4,9-12H2,1-2H3,(H,21,22). The average Bonchev–Trinajstić information content (AvgIpc) is 2.61. The van der Waals surface area contributed by atoms with E-state index in [1.807, 2.05) is 0 Å². The van der Waals surface area contributed by atoms with E-state index in [9.17, 15) is 23.1 Å². The van der Waals surface area contributed by atoms with Crippen LogP contribution in [0.3, 0.4) is 0 Å². The number of ether oxygens (including phenoxy) is 1. The minimum atomic E-state index is -3.58. The van der Waals surface area contributed by atoms with E-state index in [0.717, 1.165) is 0 Å². The smallest absolute Gasteiger partial charge is 0.313 e. The molecule has 1 fully saturated rings. The van der Waals surface area contributed by atoms with Crippen LogP contribution in [-0.4, -0.2) is 63.7 Å². The Morgan fingerprint density at radius 1 is 1.31 bits per heavy atom. The third-order valence-corrected chi connectivity index (χ3v) is 6.05. The lowest BCUT2D eigenvalue weighted by Gasteiger charge is -2.39. The monoisotopic (exact) mass is 384 g/mol. The molecule has 0 bridgehead atoms. The molecule has 8 nitrogen and oxygen atoms in total. The molecular formula is C17H24N2O6S. The van der Waals surface area contributed by atoms with Gasteiger partial charge in [0.15, 0.2) is 0 Å². The molecule has 144 valence electrons. The summed E-state index contributed by atoms with van der Waals surface area (Å²) in [5, 5.41) is 9.57. The zero-order valence-electron chi connectivity index (χ0n) is 14.9. The summed E-state index contributed by atoms with van der Waals surface area (Å²) < 4.78 is 31.4. The number of hydrogen-bond acceptors (Lipinski definition) is 5. The molecule has 1 saturated heterocycles. The molecule has 1 aromatic rings. The van der Waals surface area contributed by atoms with Crippen LogP contribution in [0.1, 0.15) is 30.1 Å². The van der Waals surface area contributed by atoms with Crippen LogP contribution in [0.15, 0.2) is 29.2 Å². The zero-order valence-corrected chi connectivity index (χ0v) is 15.7. The molecule has 9 heteroatoms. The molecule has 0 saturated carbocycles. The van der Waals surface area contributed by atoms with Gasteiger partial charge in [-0.1, -0.05) is 6.92 Å². The van der Waals surface area contributed by atoms with Crippen molar-refractivity contribution in [2.24, 2.45) is 5.41 Å². The summed E-state index contributed by atoms with van der Waals surface area (Å²) in [6, 6.07) is 5.63. The van der Waals surface area contributed by atoms with Crippen LogP contribution < -0.4 is 4.72 Å². The number of benzene rings is 1. The largest absolute Gasteiger partial charge is 0.481 e. The van der Waals surface area contributed by atoms with Gasteiger partial charge in [-0.25, -0.2) is 13.1 Å². The number of nitrogens with zero attached hydrogens (tertiary/aromatic N) is 1. The third-order valence-electron chi connectivity index (χ3n) is 4.48. The maximum atomic E-state index is 12.7. The highest BCUT2D eigenvalue weighted by Gasteiger charge is 2.44. The Kier molecular flexibility index (Phi) is 6.38. The van der Waals surface area contributed by atoms with E-state index in [-0.39, 0.29) is 30.5 Å². The molecule has 1 aliphatic heterocycles. The first kappa shape index (κ1) is 20.3. The van der Waals surface area contributed by atoms with Crippen molar-refractivity contribution in [3.05, 3.63) is 29.8 Å². The van der Waals surface area contributed by atoms with Crippen molar-refractivity contribution in [3.63, 3.8) is 0 Å². The molecule has 1 aliphatic rings. The molecule has 1 heterocycles. The van der Waals surface area contributed by atoms with Gasteiger partial charge in [0.1, 0.15) is 5.41 Å². The lowest BCUT2D eigenvalue weighted by molar-refractivity contribution is -0.155. The molecule has 1 amide bonds. The molecule has 0 spiro atoms. The Labute approximate surface area is 153 Å². The number of methoxy groups -OCH3 is 1. The molecule has 1 atom stereocenters. The van der Waals surface area contributed by atoms with Crippen LogP contribution >= 0.6 is 0 Å². The molecule has 2 rings (SSSR count). The van der Waals surface area contributed by atoms with Gasteiger partial charge in [-0.2, -0.15) is 0 Å². The van der Waals surface area contributed by atoms with E-state index in [1.165, 1.54) is 36.3 Å². The van der Waals surface area contributed by atoms with Gasteiger partial charge in [0.2, 0.25) is 10.0 Å². The lowest BCUT2D eigenvalue weighted by Crippen LogP contribution is -2.52. The number of rotatable bonds is 7. The van der Waals surface area contributed by atoms with Crippen LogP contribution in [0.25, 0.3) is 0 Å². The predicted octanol–water partition coefficient (Wildman–Crippen LogP) is 0.938. The summed E-state index contributed by atoms with van der Waals surface area (Å²) in [4.78, 5) is 26.0. The van der Waals surface area contributed by atoms with Gasteiger partial charge in [0, 0.05) is 32.3 Å². The molecule has 26 heavy (non-hydrogen) atoms. The molecule has 1 aromatic carbocycles. The topological polar surface area (TPSA) is 113 Å². The second-order valence-electron chi connectivity index (χ2n) is 6.37. The molecular weight excluding hydrogens is 360 g/mol. The van der Waals surface area contributed by atoms with Gasteiger partial charge in [-0.3, -0.25) is 9.59 Å². The zero-order chi connectivity index (χ0) is 19.4. The minimum Gasteiger partial charge on any atom is -0.481 e. The summed E-state index contributed by atoms with van der Waals surface area (Å²) in [6.07, 6.45) is 1.01. The van der Waals surface area contributed by atoms with Crippen LogP contribution in [0, 0.1) is 5.41 Å². The van der Waals surface area contributed by atoms with Gasteiger partial charge in [0.25, 0.3) is 5.91 Å². The highest BCUT2D eigenvalue weighted by Crippen LogP contribution is 2.31. The number of sulfonamides is 1. The van der Waals surface area contributed by atoms with Gasteiger partial charge >= 0.3 is 5.97 Å². The number of piperidine rings is 1. The van der Waals surface area contributed by atoms with E-state index in [2.05, 4.69) is 4.72 Å². The first-order valence-electron chi connectivity index (χ1n) is 8.37. The summed E-state index contributed by atoms with van der Waals surface area (Å²) in [7, 11) is -2.14. The predicted molar refractivity (Wildman–Crippen MR) is 94.4 cm³/mol. The van der Waals surface area contributed by atoms with Crippen molar-refractivity contribution in [1.29, 1.82) is 0 Å². The van der Waals surface area contributed by atoms with Crippen LogP contribution in [0.5, 0.6) is 0 Å². The summed E-state index contributed by atoms with van der Waals surface area (Å²) >= 11 is 0. The number of carbonyl (C=O) groups is 2. The fourth-order valence-electron chi connectivity index (χ4n) is 3.17. The van der Waals surface area contributed by atoms with Crippen LogP contribution in [0.4, 0.5) is 0 Å². The molecule has 2 N–H and O–H groups in total. The highest BCUT2D eigenvalue weighted by atomic mass is 32.2. The first-order valence-corrected chi connectivity index (χ1v) is 9.85. The Balaban J connectivity index is 2.19. The summed E-state index contributed by atoms with van der Waals surface area (Å²) in [5.74, 6) is -1.30. The maximum absolute atomic E-state index is 12.7. The summed E-state index contributed by atoms with van der Waals surface area (Å²) in [6.45, 7) is 2.50. The third kappa shape index (κ3) is 4.22. The fraction of sp³-hybridized carbons (Fsp3) is 0.529. The van der Waals surface area contributed by atoms with Gasteiger partial charge in [-0.05, 0) is 37.1 Å². The van der Waals surface area contributed by atoms with Crippen LogP contribution in [-0.2, 0) is 19.6 Å². The van der Waals surface area contributed by atoms with Crippen molar-refractivity contribution < 1.29 is 27.9 Å². The van der Waals surface area contributed by atoms with E-state index < -0.39 is 21.4 Å². The number of aliphatic carboxylic acids is 1. The number of likely N-dealkylation sites (tertiary alicyclic amines) is 1. The maximum Gasteiger partial charge on any atom is 0.313 e. The van der Waals surface area contributed by atoms with E-state index in [0.29, 0.717) is 24.9 Å². The number of carboxylic acids is 1. The normalized spacial score (nSPS) is 20.8. The van der Waals surface area contributed by atoms with Gasteiger partial charge in [-0.15, -0.1) is 0 Å². The average molecular weight is 384 g/mol. The fourth-order valence-corrected chi connectivity index (χ4v) is 4.21. The second kappa shape index (κ2) is 8.15. The number of hydrogen-bond donors (Lipinski definition) is 2. The Morgan fingerprint density at radius 2 is 1.96 bits per heavy atom. The quantitative estimate of drug-likeness (QED) is 0.723. The molecule has 1 unspecified atom stereocenters. The number of nitrogens with one attached hydrogen (secondary N) is 1. The van der Waals surface area contributed by atoms with Crippen molar-refractivity contribution >= 4 is 21.9 Å². The Bertz CT molecular complexity index is 758. The van der Waals surface area contributed by atoms with E-state index in [4.69, 9.17) is 4.74 Å². The minimum absolute atomic E-state index is 0.0337. The number of carboxylic acid groups (broad SMARTS) is 1. The number of carbonyl (C=O) groups excluding carboxylic acids is 1. The Morgan fingerprint density at radius 3 is 2.50 bits per heavy atom. The summed E-state index contributed by atoms with van der Waals surface area (Å²) in [5.41, 5.74) is -0.796.